The Morgan fingerprint density at radius 2 is 1.65 bits per heavy atom. The fourth-order valence-electron chi connectivity index (χ4n) is 1.39. The van der Waals surface area contributed by atoms with Crippen molar-refractivity contribution in [1.82, 2.24) is 0 Å². The van der Waals surface area contributed by atoms with Crippen LogP contribution in [-0.4, -0.2) is 17.4 Å². The molecule has 106 valence electrons. The van der Waals surface area contributed by atoms with Gasteiger partial charge >= 0.3 is 6.18 Å². The van der Waals surface area contributed by atoms with Crippen molar-refractivity contribution >= 4 is 23.1 Å². The molecule has 0 saturated heterocycles. The molecular weight excluding hydrogens is 280 g/mol. The molecule has 1 aromatic rings. The molecule has 1 aliphatic rings. The summed E-state index contributed by atoms with van der Waals surface area (Å²) in [5.74, 6) is -1.25. The van der Waals surface area contributed by atoms with E-state index in [0.717, 1.165) is 6.07 Å². The lowest BCUT2D eigenvalue weighted by Gasteiger charge is -2.09. The highest BCUT2D eigenvalue weighted by molar-refractivity contribution is 6.68. The zero-order valence-corrected chi connectivity index (χ0v) is 9.74. The van der Waals surface area contributed by atoms with Crippen molar-refractivity contribution in [3.05, 3.63) is 29.6 Å². The monoisotopic (exact) mass is 288 g/mol. The predicted molar refractivity (Wildman–Crippen MR) is 65.7 cm³/mol. The van der Waals surface area contributed by atoms with Gasteiger partial charge in [-0.1, -0.05) is 0 Å². The lowest BCUT2D eigenvalue weighted by Crippen LogP contribution is -2.32. The van der Waals surface area contributed by atoms with E-state index in [1.165, 1.54) is 0 Å². The first-order valence-corrected chi connectivity index (χ1v) is 5.16. The Morgan fingerprint density at radius 3 is 2.20 bits per heavy atom. The topological polar surface area (TPSA) is 101 Å². The number of nitrogens with zero attached hydrogens (tertiary/aromatic N) is 3. The van der Waals surface area contributed by atoms with Crippen molar-refractivity contribution < 1.29 is 17.6 Å². The molecule has 6 nitrogen and oxygen atoms in total. The molecule has 1 aliphatic heterocycles. The van der Waals surface area contributed by atoms with E-state index in [1.54, 1.807) is 0 Å². The lowest BCUT2D eigenvalue weighted by molar-refractivity contribution is -0.137. The number of rotatable bonds is 2. The number of nitrogens with one attached hydrogen (secondary N) is 1. The van der Waals surface area contributed by atoms with E-state index in [1.807, 2.05) is 0 Å². The van der Waals surface area contributed by atoms with Gasteiger partial charge in [-0.05, 0) is 18.2 Å². The second-order valence-corrected chi connectivity index (χ2v) is 3.77. The Labute approximate surface area is 109 Å². The van der Waals surface area contributed by atoms with Crippen LogP contribution in [0.15, 0.2) is 33.5 Å². The van der Waals surface area contributed by atoms with Crippen LogP contribution in [0.1, 0.15) is 5.56 Å². The van der Waals surface area contributed by atoms with Gasteiger partial charge in [0.05, 0.1) is 11.3 Å². The molecule has 0 atom stereocenters. The van der Waals surface area contributed by atoms with Gasteiger partial charge in [0.1, 0.15) is 5.82 Å². The minimum Gasteiger partial charge on any atom is -0.380 e. The first-order chi connectivity index (χ1) is 9.27. The molecule has 5 N–H and O–H groups in total. The van der Waals surface area contributed by atoms with Crippen molar-refractivity contribution in [3.8, 4) is 0 Å². The molecule has 0 saturated carbocycles. The number of hydrazone groups is 1. The Bertz CT molecular complexity index is 611. The van der Waals surface area contributed by atoms with Gasteiger partial charge < -0.3 is 11.5 Å². The summed E-state index contributed by atoms with van der Waals surface area (Å²) in [5.41, 5.74) is 11.6. The number of hydrogen-bond donors (Lipinski definition) is 3. The third-order valence-corrected chi connectivity index (χ3v) is 2.27. The molecule has 0 bridgehead atoms. The summed E-state index contributed by atoms with van der Waals surface area (Å²) in [6.45, 7) is 0. The molecule has 20 heavy (non-hydrogen) atoms. The smallest absolute Gasteiger partial charge is 0.380 e. The maximum Gasteiger partial charge on any atom is 0.416 e. The molecule has 0 spiro atoms. The third-order valence-electron chi connectivity index (χ3n) is 2.27. The number of amidine groups is 2. The van der Waals surface area contributed by atoms with Crippen molar-refractivity contribution in [1.29, 1.82) is 0 Å². The van der Waals surface area contributed by atoms with E-state index in [9.17, 15) is 17.6 Å². The van der Waals surface area contributed by atoms with E-state index in [4.69, 9.17) is 11.5 Å². The van der Waals surface area contributed by atoms with Gasteiger partial charge in [0, 0.05) is 0 Å². The van der Waals surface area contributed by atoms with Crippen LogP contribution in [0.5, 0.6) is 0 Å². The zero-order valence-electron chi connectivity index (χ0n) is 9.74. The molecule has 0 fully saturated rings. The third kappa shape index (κ3) is 2.84. The summed E-state index contributed by atoms with van der Waals surface area (Å²) in [6, 6.07) is 1.91. The van der Waals surface area contributed by atoms with Gasteiger partial charge in [-0.3, -0.25) is 5.43 Å². The second-order valence-electron chi connectivity index (χ2n) is 3.77. The molecule has 2 rings (SSSR count). The van der Waals surface area contributed by atoms with Gasteiger partial charge in [-0.2, -0.15) is 18.3 Å². The Kier molecular flexibility index (Phi) is 3.30. The largest absolute Gasteiger partial charge is 0.416 e. The molecule has 1 aromatic carbocycles. The van der Waals surface area contributed by atoms with Gasteiger partial charge in [-0.25, -0.2) is 4.39 Å². The van der Waals surface area contributed by atoms with Crippen LogP contribution in [0.4, 0.5) is 23.2 Å². The number of halogens is 4. The minimum atomic E-state index is -4.67. The molecule has 0 amide bonds. The molecule has 0 aromatic heterocycles. The normalized spacial score (nSPS) is 14.9. The Hall–Kier alpha value is -2.65. The van der Waals surface area contributed by atoms with Crippen LogP contribution in [-0.2, 0) is 6.18 Å². The van der Waals surface area contributed by atoms with Gasteiger partial charge in [0.2, 0.25) is 0 Å². The summed E-state index contributed by atoms with van der Waals surface area (Å²) < 4.78 is 50.6. The number of hydrogen-bond acceptors (Lipinski definition) is 6. The lowest BCUT2D eigenvalue weighted by atomic mass is 10.2. The number of benzene rings is 1. The summed E-state index contributed by atoms with van der Waals surface area (Å²) in [4.78, 5) is 0. The fourth-order valence-corrected chi connectivity index (χ4v) is 1.39. The molecule has 0 radical (unpaired) electrons. The number of nitrogens with two attached hydrogens (primary N) is 2. The van der Waals surface area contributed by atoms with E-state index < -0.39 is 17.6 Å². The van der Waals surface area contributed by atoms with Crippen LogP contribution in [0.25, 0.3) is 0 Å². The summed E-state index contributed by atoms with van der Waals surface area (Å²) in [5, 5.41) is 10.5. The standard InChI is InChI=1S/C10H8F4N6/c11-5-1-4(10(12,13)14)2-6(3-5)17-18-7-8(15)19-20-9(7)16/h1-3,17H,(H4,15,16,18,19,20). The van der Waals surface area contributed by atoms with Crippen molar-refractivity contribution in [2.45, 2.75) is 6.18 Å². The highest BCUT2D eigenvalue weighted by Crippen LogP contribution is 2.31. The van der Waals surface area contributed by atoms with E-state index in [-0.39, 0.29) is 23.1 Å². The summed E-state index contributed by atoms with van der Waals surface area (Å²) >= 11 is 0. The van der Waals surface area contributed by atoms with Crippen molar-refractivity contribution in [3.63, 3.8) is 0 Å². The van der Waals surface area contributed by atoms with Gasteiger partial charge in [-0.15, -0.1) is 10.2 Å². The highest BCUT2D eigenvalue weighted by atomic mass is 19.4. The molecular formula is C10H8F4N6. The van der Waals surface area contributed by atoms with Crippen LogP contribution in [0, 0.1) is 5.82 Å². The molecule has 0 aliphatic carbocycles. The summed E-state index contributed by atoms with van der Waals surface area (Å²) in [7, 11) is 0. The molecule has 0 unspecified atom stereocenters. The SMILES string of the molecule is NC1=NN=C(N)C1=NNc1cc(F)cc(C(F)(F)F)c1. The van der Waals surface area contributed by atoms with E-state index in [0.29, 0.717) is 12.1 Å². The fraction of sp³-hybridized carbons (Fsp3) is 0.100. The molecule has 1 heterocycles. The first-order valence-electron chi connectivity index (χ1n) is 5.16. The van der Waals surface area contributed by atoms with Crippen LogP contribution in [0.2, 0.25) is 0 Å². The van der Waals surface area contributed by atoms with Crippen LogP contribution < -0.4 is 16.9 Å². The van der Waals surface area contributed by atoms with Crippen molar-refractivity contribution in [2.24, 2.45) is 26.8 Å². The predicted octanol–water partition coefficient (Wildman–Crippen LogP) is 1.26. The Morgan fingerprint density at radius 1 is 1.05 bits per heavy atom. The second kappa shape index (κ2) is 4.79. The van der Waals surface area contributed by atoms with Gasteiger partial charge in [0.15, 0.2) is 17.4 Å². The average molecular weight is 288 g/mol. The number of anilines is 1. The van der Waals surface area contributed by atoms with E-state index >= 15 is 0 Å². The summed E-state index contributed by atoms with van der Waals surface area (Å²) in [6.07, 6.45) is -4.67. The maximum absolute atomic E-state index is 13.1. The first kappa shape index (κ1) is 13.8. The van der Waals surface area contributed by atoms with Crippen LogP contribution in [0.3, 0.4) is 0 Å². The number of alkyl halides is 3. The van der Waals surface area contributed by atoms with Crippen LogP contribution >= 0.6 is 0 Å². The maximum atomic E-state index is 13.1. The zero-order chi connectivity index (χ0) is 14.9. The minimum absolute atomic E-state index is 0.0252. The van der Waals surface area contributed by atoms with E-state index in [2.05, 4.69) is 20.7 Å². The highest BCUT2D eigenvalue weighted by Gasteiger charge is 2.31. The quantitative estimate of drug-likeness (QED) is 0.564. The van der Waals surface area contributed by atoms with Gasteiger partial charge in [0.25, 0.3) is 0 Å². The average Bonchev–Trinajstić information content (AvgIpc) is 2.65. The Balaban J connectivity index is 2.27. The molecule has 10 heteroatoms. The van der Waals surface area contributed by atoms with Crippen molar-refractivity contribution in [2.75, 3.05) is 5.43 Å².